The van der Waals surface area contributed by atoms with Crippen molar-refractivity contribution in [3.63, 3.8) is 0 Å². The topological polar surface area (TPSA) is 104 Å². The third kappa shape index (κ3) is 4.42. The molecule has 1 atom stereocenters. The highest BCUT2D eigenvalue weighted by atomic mass is 19.2. The molecule has 8 nitrogen and oxygen atoms in total. The zero-order chi connectivity index (χ0) is 21.1. The molecule has 0 bridgehead atoms. The zero-order valence-corrected chi connectivity index (χ0v) is 16.5. The number of aromatic nitrogens is 4. The predicted molar refractivity (Wildman–Crippen MR) is 105 cm³/mol. The Morgan fingerprint density at radius 1 is 1.17 bits per heavy atom. The molecule has 29 heavy (non-hydrogen) atoms. The molecule has 0 aliphatic heterocycles. The number of halogens is 2. The summed E-state index contributed by atoms with van der Waals surface area (Å²) in [6.07, 6.45) is 0.401. The number of hydrogen-bond acceptors (Lipinski definition) is 6. The molecular formula is C19H24F2N6O2. The summed E-state index contributed by atoms with van der Waals surface area (Å²) in [6, 6.07) is 2.13. The van der Waals surface area contributed by atoms with Crippen LogP contribution in [0, 0.1) is 24.5 Å². The van der Waals surface area contributed by atoms with Crippen LogP contribution in [-0.4, -0.2) is 49.8 Å². The number of nitrogens with one attached hydrogen (secondary N) is 2. The van der Waals surface area contributed by atoms with Crippen LogP contribution in [0.15, 0.2) is 12.1 Å². The van der Waals surface area contributed by atoms with Gasteiger partial charge in [-0.05, 0) is 25.7 Å². The number of unbranched alkanes of at least 4 members (excludes halogenated alkanes) is 1. The van der Waals surface area contributed by atoms with Crippen LogP contribution in [0.4, 0.5) is 14.6 Å². The lowest BCUT2D eigenvalue weighted by Gasteiger charge is -2.14. The van der Waals surface area contributed by atoms with Crippen LogP contribution in [0.3, 0.4) is 0 Å². The number of amides is 1. The lowest BCUT2D eigenvalue weighted by molar-refractivity contribution is -0.131. The average molecular weight is 406 g/mol. The highest BCUT2D eigenvalue weighted by molar-refractivity contribution is 5.83. The number of nitrogens with zero attached hydrogens (tertiary/aromatic N) is 4. The number of aliphatic hydroxyl groups excluding tert-OH is 1. The van der Waals surface area contributed by atoms with E-state index < -0.39 is 17.7 Å². The fraction of sp³-hybridized carbons (Fsp3) is 0.474. The maximum absolute atomic E-state index is 13.7. The fourth-order valence-corrected chi connectivity index (χ4v) is 2.96. The van der Waals surface area contributed by atoms with Crippen LogP contribution in [-0.2, 0) is 4.79 Å². The number of rotatable bonds is 8. The molecule has 0 spiro atoms. The smallest absolute Gasteiger partial charge is 0.249 e. The van der Waals surface area contributed by atoms with Gasteiger partial charge in [-0.1, -0.05) is 13.8 Å². The molecule has 0 aliphatic rings. The zero-order valence-electron chi connectivity index (χ0n) is 16.5. The maximum atomic E-state index is 13.7. The van der Waals surface area contributed by atoms with Gasteiger partial charge in [-0.3, -0.25) is 9.20 Å². The standard InChI is InChI=1S/C19H24F2N6O2/c1-10(2)16(28)19(29)23-7-5-4-6-22-17-18-26-25-11(3)27(18)15-9-13(21)12(20)8-14(15)24-17/h8-10,16,28H,4-7H2,1-3H3,(H,22,24)(H,23,29)/t16-/m0/s1. The van der Waals surface area contributed by atoms with Crippen molar-refractivity contribution in [2.45, 2.75) is 39.7 Å². The van der Waals surface area contributed by atoms with E-state index >= 15 is 0 Å². The Kier molecular flexibility index (Phi) is 6.21. The quantitative estimate of drug-likeness (QED) is 0.496. The molecule has 0 saturated carbocycles. The van der Waals surface area contributed by atoms with Gasteiger partial charge < -0.3 is 15.7 Å². The van der Waals surface area contributed by atoms with Gasteiger partial charge in [0.1, 0.15) is 11.9 Å². The molecule has 0 unspecified atom stereocenters. The molecule has 3 N–H and O–H groups in total. The Labute approximate surface area is 166 Å². The van der Waals surface area contributed by atoms with Crippen LogP contribution in [0.2, 0.25) is 0 Å². The van der Waals surface area contributed by atoms with Gasteiger partial charge in [-0.15, -0.1) is 10.2 Å². The van der Waals surface area contributed by atoms with Crippen molar-refractivity contribution in [3.8, 4) is 0 Å². The van der Waals surface area contributed by atoms with Crippen molar-refractivity contribution >= 4 is 28.4 Å². The molecule has 0 saturated heterocycles. The van der Waals surface area contributed by atoms with E-state index in [0.717, 1.165) is 18.6 Å². The van der Waals surface area contributed by atoms with Crippen LogP contribution in [0.25, 0.3) is 16.7 Å². The minimum absolute atomic E-state index is 0.136. The molecule has 0 aliphatic carbocycles. The van der Waals surface area contributed by atoms with Gasteiger partial charge in [0.25, 0.3) is 0 Å². The molecule has 1 aromatic carbocycles. The second-order valence-corrected chi connectivity index (χ2v) is 7.24. The number of aryl methyl sites for hydroxylation is 1. The van der Waals surface area contributed by atoms with Crippen molar-refractivity contribution in [1.29, 1.82) is 0 Å². The lowest BCUT2D eigenvalue weighted by atomic mass is 10.1. The molecule has 1 amide bonds. The molecule has 10 heteroatoms. The van der Waals surface area contributed by atoms with E-state index in [0.29, 0.717) is 42.3 Å². The highest BCUT2D eigenvalue weighted by Gasteiger charge is 2.18. The predicted octanol–water partition coefficient (Wildman–Crippen LogP) is 2.19. The molecule has 0 radical (unpaired) electrons. The van der Waals surface area contributed by atoms with E-state index in [9.17, 15) is 18.7 Å². The number of carbonyl (C=O) groups is 1. The number of hydrogen-bond donors (Lipinski definition) is 3. The Hall–Kier alpha value is -2.88. The van der Waals surface area contributed by atoms with Gasteiger partial charge >= 0.3 is 0 Å². The second-order valence-electron chi connectivity index (χ2n) is 7.24. The molecule has 3 aromatic rings. The van der Waals surface area contributed by atoms with Gasteiger partial charge in [0, 0.05) is 25.2 Å². The van der Waals surface area contributed by atoms with E-state index in [-0.39, 0.29) is 17.3 Å². The third-order valence-electron chi connectivity index (χ3n) is 4.62. The van der Waals surface area contributed by atoms with Crippen molar-refractivity contribution in [2.24, 2.45) is 5.92 Å². The molecule has 2 heterocycles. The second kappa shape index (κ2) is 8.64. The van der Waals surface area contributed by atoms with Gasteiger partial charge in [-0.2, -0.15) is 0 Å². The monoisotopic (exact) mass is 406 g/mol. The molecule has 0 fully saturated rings. The van der Waals surface area contributed by atoms with E-state index in [1.807, 2.05) is 0 Å². The van der Waals surface area contributed by atoms with Crippen molar-refractivity contribution in [3.05, 3.63) is 29.6 Å². The summed E-state index contributed by atoms with van der Waals surface area (Å²) in [4.78, 5) is 16.1. The highest BCUT2D eigenvalue weighted by Crippen LogP contribution is 2.23. The average Bonchev–Trinajstić information content (AvgIpc) is 3.07. The van der Waals surface area contributed by atoms with Crippen LogP contribution in [0.1, 0.15) is 32.5 Å². The van der Waals surface area contributed by atoms with Crippen molar-refractivity contribution in [1.82, 2.24) is 24.9 Å². The Morgan fingerprint density at radius 2 is 1.86 bits per heavy atom. The van der Waals surface area contributed by atoms with E-state index in [1.165, 1.54) is 0 Å². The van der Waals surface area contributed by atoms with Crippen LogP contribution in [0.5, 0.6) is 0 Å². The largest absolute Gasteiger partial charge is 0.383 e. The summed E-state index contributed by atoms with van der Waals surface area (Å²) in [5.41, 5.74) is 1.10. The summed E-state index contributed by atoms with van der Waals surface area (Å²) >= 11 is 0. The van der Waals surface area contributed by atoms with Crippen LogP contribution >= 0.6 is 0 Å². The van der Waals surface area contributed by atoms with Crippen molar-refractivity contribution < 1.29 is 18.7 Å². The van der Waals surface area contributed by atoms with E-state index in [1.54, 1.807) is 25.2 Å². The van der Waals surface area contributed by atoms with Crippen molar-refractivity contribution in [2.75, 3.05) is 18.4 Å². The third-order valence-corrected chi connectivity index (χ3v) is 4.62. The van der Waals surface area contributed by atoms with Gasteiger partial charge in [0.05, 0.1) is 11.0 Å². The maximum Gasteiger partial charge on any atom is 0.249 e. The number of carbonyl (C=O) groups excluding carboxylic acids is 1. The fourth-order valence-electron chi connectivity index (χ4n) is 2.96. The summed E-state index contributed by atoms with van der Waals surface area (Å²) in [6.45, 7) is 6.25. The van der Waals surface area contributed by atoms with Gasteiger partial charge in [-0.25, -0.2) is 13.8 Å². The summed E-state index contributed by atoms with van der Waals surface area (Å²) in [5, 5.41) is 23.6. The number of benzene rings is 1. The lowest BCUT2D eigenvalue weighted by Crippen LogP contribution is -2.38. The molecule has 3 rings (SSSR count). The Balaban J connectivity index is 1.65. The Morgan fingerprint density at radius 3 is 2.59 bits per heavy atom. The van der Waals surface area contributed by atoms with Gasteiger partial charge in [0.15, 0.2) is 17.5 Å². The summed E-state index contributed by atoms with van der Waals surface area (Å²) < 4.78 is 28.9. The number of aliphatic hydroxyl groups is 1. The summed E-state index contributed by atoms with van der Waals surface area (Å²) in [5.74, 6) is -1.49. The minimum atomic E-state index is -1.01. The minimum Gasteiger partial charge on any atom is -0.383 e. The summed E-state index contributed by atoms with van der Waals surface area (Å²) in [7, 11) is 0. The first kappa shape index (κ1) is 20.8. The number of fused-ring (bicyclic) bond motifs is 3. The number of anilines is 1. The van der Waals surface area contributed by atoms with Crippen LogP contribution < -0.4 is 10.6 Å². The van der Waals surface area contributed by atoms with Gasteiger partial charge in [0.2, 0.25) is 11.6 Å². The van der Waals surface area contributed by atoms with E-state index in [4.69, 9.17) is 0 Å². The van der Waals surface area contributed by atoms with E-state index in [2.05, 4.69) is 25.8 Å². The first-order valence-corrected chi connectivity index (χ1v) is 9.49. The first-order chi connectivity index (χ1) is 13.8. The first-order valence-electron chi connectivity index (χ1n) is 9.49. The SMILES string of the molecule is Cc1nnc2c(NCCCCNC(=O)[C@@H](O)C(C)C)nc3cc(F)c(F)cc3n12. The molecule has 156 valence electrons. The Bertz CT molecular complexity index is 1040. The normalized spacial score (nSPS) is 12.7. The molecular weight excluding hydrogens is 382 g/mol. The molecule has 2 aromatic heterocycles.